The van der Waals surface area contributed by atoms with Gasteiger partial charge in [0.25, 0.3) is 0 Å². The Bertz CT molecular complexity index is 3580. The van der Waals surface area contributed by atoms with Gasteiger partial charge in [0.15, 0.2) is 0 Å². The Hall–Kier alpha value is -9.31. The third-order valence-electron chi connectivity index (χ3n) is 16.8. The molecule has 0 saturated heterocycles. The molecule has 92 heavy (non-hydrogen) atoms. The number of urea groups is 1. The number of para-hydroxylation sites is 1. The third-order valence-corrected chi connectivity index (χ3v) is 16.8. The van der Waals surface area contributed by atoms with Gasteiger partial charge in [0, 0.05) is 79.4 Å². The minimum absolute atomic E-state index is 0.0958. The Kier molecular flexibility index (Phi) is 24.7. The maximum Gasteiger partial charge on any atom is 0.407 e. The fourth-order valence-corrected chi connectivity index (χ4v) is 11.5. The average molecular weight is 1260 g/mol. The number of aryl methyl sites for hydroxylation is 1. The van der Waals surface area contributed by atoms with Crippen molar-refractivity contribution in [2.75, 3.05) is 30.9 Å². The number of benzene rings is 4. The third kappa shape index (κ3) is 18.7. The van der Waals surface area contributed by atoms with Crippen molar-refractivity contribution in [3.63, 3.8) is 0 Å². The van der Waals surface area contributed by atoms with E-state index in [-0.39, 0.29) is 74.6 Å². The highest BCUT2D eigenvalue weighted by atomic mass is 16.5. The summed E-state index contributed by atoms with van der Waals surface area (Å²) >= 11 is 0. The summed E-state index contributed by atoms with van der Waals surface area (Å²) in [6.45, 7) is 20.8. The smallest absolute Gasteiger partial charge is 0.407 e. The number of likely N-dealkylation sites (N-methyl/N-ethyl adjacent to an activating group) is 2. The number of carboxylic acid groups (broad SMARTS) is 1. The largest absolute Gasteiger partial charge is 0.478 e. The number of allylic oxidation sites excluding steroid dienone is 1. The van der Waals surface area contributed by atoms with E-state index in [2.05, 4.69) is 43.3 Å². The molecular formula is C70H93N11O11. The second-order valence-corrected chi connectivity index (χ2v) is 26.0. The van der Waals surface area contributed by atoms with E-state index in [1.165, 1.54) is 11.8 Å². The van der Waals surface area contributed by atoms with Crippen LogP contribution in [-0.2, 0) is 70.5 Å². The molecule has 1 aliphatic heterocycles. The first kappa shape index (κ1) is 71.8. The van der Waals surface area contributed by atoms with Crippen LogP contribution in [0.2, 0.25) is 0 Å². The van der Waals surface area contributed by atoms with E-state index in [0.29, 0.717) is 17.8 Å². The highest BCUT2D eigenvalue weighted by Gasteiger charge is 2.43. The number of nitrogens with zero attached hydrogens (tertiary/aromatic N) is 3. The number of carbonyl (C=O) groups is 9. The normalized spacial score (nSPS) is 14.8. The Balaban J connectivity index is 1.03. The first-order valence-corrected chi connectivity index (χ1v) is 31.2. The maximum absolute atomic E-state index is 14.4. The van der Waals surface area contributed by atoms with Crippen molar-refractivity contribution in [2.45, 2.75) is 157 Å². The van der Waals surface area contributed by atoms with Gasteiger partial charge in [-0.05, 0) is 109 Å². The number of nitrogens with one attached hydrogen (secondary N) is 7. The second kappa shape index (κ2) is 31.6. The number of carboxylic acids is 1. The van der Waals surface area contributed by atoms with Crippen LogP contribution in [0.15, 0.2) is 109 Å². The topological polar surface area (TPSA) is 305 Å². The zero-order valence-electron chi connectivity index (χ0n) is 55.5. The first-order chi connectivity index (χ1) is 43.3. The number of aliphatic carboxylic acids is 1. The molecule has 0 saturated carbocycles. The van der Waals surface area contributed by atoms with Crippen LogP contribution in [0.25, 0.3) is 22.6 Å². The number of ether oxygens (including phenoxy) is 1. The molecule has 0 aliphatic carbocycles. The van der Waals surface area contributed by atoms with E-state index in [4.69, 9.17) is 10.5 Å². The van der Waals surface area contributed by atoms with Crippen molar-refractivity contribution in [1.29, 1.82) is 0 Å². The predicted molar refractivity (Wildman–Crippen MR) is 357 cm³/mol. The van der Waals surface area contributed by atoms with Crippen molar-refractivity contribution in [3.8, 4) is 0 Å². The summed E-state index contributed by atoms with van der Waals surface area (Å²) in [6.07, 6.45) is 5.00. The van der Waals surface area contributed by atoms with Crippen LogP contribution in [0.3, 0.4) is 0 Å². The van der Waals surface area contributed by atoms with Crippen LogP contribution >= 0.6 is 0 Å². The van der Waals surface area contributed by atoms with Crippen LogP contribution in [0.1, 0.15) is 135 Å². The van der Waals surface area contributed by atoms with E-state index in [9.17, 15) is 48.3 Å². The van der Waals surface area contributed by atoms with Gasteiger partial charge in [0.1, 0.15) is 24.7 Å². The Labute approximate surface area is 539 Å². The van der Waals surface area contributed by atoms with Crippen LogP contribution in [0, 0.1) is 17.3 Å². The number of anilines is 2. The number of alkyl carbamates (subject to hydrolysis) is 1. The number of rotatable bonds is 27. The summed E-state index contributed by atoms with van der Waals surface area (Å²) < 4.78 is 7.51. The van der Waals surface area contributed by atoms with Gasteiger partial charge >= 0.3 is 18.1 Å². The van der Waals surface area contributed by atoms with Crippen LogP contribution in [0.5, 0.6) is 0 Å². The van der Waals surface area contributed by atoms with Gasteiger partial charge in [-0.2, -0.15) is 0 Å². The number of hydrogen-bond acceptors (Lipinski definition) is 11. The number of amides is 9. The van der Waals surface area contributed by atoms with Gasteiger partial charge in [0.2, 0.25) is 35.4 Å². The summed E-state index contributed by atoms with van der Waals surface area (Å²) in [5, 5.41) is 30.4. The van der Waals surface area contributed by atoms with Crippen LogP contribution in [0.4, 0.5) is 21.0 Å². The molecule has 4 aromatic carbocycles. The standard InChI is InChI=1S/C70H93N11O11/c1-41(2)55(35-44(6)66(88)89)80(14)65(87)61(69(7,8)9)78-64(86)60(72-12)70(10,11)52-39-79(13)56-36-46(27-30-51(52)56)37-74-68(91)92-40-45-25-28-49(29-26-45)75-62(84)53(23-19-33-73-67(71)90)76-63(85)59(42(3)4)77-57(82)31-32-58(83)81-38-48-21-16-15-20-47(48)34-43(5)50-22-17-18-24-54(50)81/h15-18,20-22,24-30,34-36,39,41-42,53,55,59-61,72H,19,23,31-33,37-38,40H2,1-14H3,(H,74,91)(H,75,84)(H,76,85)(H,77,82)(H,78,86)(H,88,89)(H3,71,73,90)/b43-34-,44-35+/t53-,55+,59-,60-,61+/m0/s1. The fraction of sp³-hybridized carbons (Fsp3) is 0.443. The first-order valence-electron chi connectivity index (χ1n) is 31.2. The molecule has 1 aromatic heterocycles. The maximum atomic E-state index is 14.4. The molecule has 10 N–H and O–H groups in total. The van der Waals surface area contributed by atoms with Crippen molar-refractivity contribution in [1.82, 2.24) is 41.4 Å². The van der Waals surface area contributed by atoms with Crippen molar-refractivity contribution in [2.24, 2.45) is 30.0 Å². The van der Waals surface area contributed by atoms with E-state index in [0.717, 1.165) is 50.0 Å². The number of aromatic nitrogens is 1. The van der Waals surface area contributed by atoms with Gasteiger partial charge in [-0.1, -0.05) is 141 Å². The van der Waals surface area contributed by atoms with Crippen molar-refractivity contribution >= 4 is 87.5 Å². The quantitative estimate of drug-likeness (QED) is 0.0177. The highest BCUT2D eigenvalue weighted by Crippen LogP contribution is 2.37. The van der Waals surface area contributed by atoms with E-state index in [1.54, 1.807) is 63.2 Å². The molecule has 0 radical (unpaired) electrons. The molecule has 0 unspecified atom stereocenters. The molecule has 5 atom stereocenters. The molecule has 0 fully saturated rings. The molecule has 6 rings (SSSR count). The summed E-state index contributed by atoms with van der Waals surface area (Å²) in [6, 6.07) is 22.7. The fourth-order valence-electron chi connectivity index (χ4n) is 11.5. The average Bonchev–Trinajstić information content (AvgIpc) is 1.53. The van der Waals surface area contributed by atoms with Gasteiger partial charge < -0.3 is 67.2 Å². The second-order valence-electron chi connectivity index (χ2n) is 26.0. The van der Waals surface area contributed by atoms with E-state index >= 15 is 0 Å². The molecule has 0 bridgehead atoms. The zero-order chi connectivity index (χ0) is 67.9. The molecule has 5 aromatic rings. The summed E-state index contributed by atoms with van der Waals surface area (Å²) in [5.74, 6) is -4.29. The summed E-state index contributed by atoms with van der Waals surface area (Å²) in [4.78, 5) is 124. The minimum Gasteiger partial charge on any atom is -0.478 e. The van der Waals surface area contributed by atoms with Gasteiger partial charge in [0.05, 0.1) is 24.3 Å². The molecule has 2 heterocycles. The number of carbonyl (C=O) groups excluding carboxylic acids is 8. The lowest BCUT2D eigenvalue weighted by atomic mass is 9.76. The Morgan fingerprint density at radius 1 is 0.783 bits per heavy atom. The summed E-state index contributed by atoms with van der Waals surface area (Å²) in [5.41, 5.74) is 11.9. The van der Waals surface area contributed by atoms with Gasteiger partial charge in [-0.25, -0.2) is 14.4 Å². The van der Waals surface area contributed by atoms with Crippen molar-refractivity contribution in [3.05, 3.63) is 142 Å². The summed E-state index contributed by atoms with van der Waals surface area (Å²) in [7, 11) is 5.22. The molecular weight excluding hydrogens is 1170 g/mol. The van der Waals surface area contributed by atoms with Gasteiger partial charge in [-0.3, -0.25) is 28.8 Å². The zero-order valence-corrected chi connectivity index (χ0v) is 55.5. The molecule has 1 aliphatic rings. The lowest BCUT2D eigenvalue weighted by Crippen LogP contribution is -2.61. The molecule has 22 nitrogen and oxygen atoms in total. The van der Waals surface area contributed by atoms with E-state index in [1.807, 2.05) is 140 Å². The SMILES string of the molecule is CN[C@@H](C(=O)N[C@H](C(=O)N(C)[C@H](/C=C(\C)C(=O)O)C(C)C)C(C)(C)C)C(C)(C)c1cn(C)c2cc(CNC(=O)OCc3ccc(NC(=O)[C@H](CCCNC(N)=O)NC(=O)[C@@H](NC(=O)CCC(=O)N4Cc5ccccc5/C=C(/C)c5ccccc54)C(C)C)cc3)ccc12. The lowest BCUT2D eigenvalue weighted by Gasteiger charge is -2.39. The molecule has 0 spiro atoms. The molecule has 9 amide bonds. The number of hydrogen-bond donors (Lipinski definition) is 9. The predicted octanol–water partition coefficient (Wildman–Crippen LogP) is 8.42. The molecule has 494 valence electrons. The number of fused-ring (bicyclic) bond motifs is 3. The van der Waals surface area contributed by atoms with Gasteiger partial charge in [-0.15, -0.1) is 0 Å². The lowest BCUT2D eigenvalue weighted by molar-refractivity contribution is -0.141. The van der Waals surface area contributed by atoms with Crippen LogP contribution in [-0.4, -0.2) is 119 Å². The van der Waals surface area contributed by atoms with Crippen molar-refractivity contribution < 1.29 is 53.0 Å². The van der Waals surface area contributed by atoms with E-state index < -0.39 is 82.8 Å². The number of primary amides is 1. The minimum atomic E-state index is -1.11. The molecule has 22 heteroatoms. The Morgan fingerprint density at radius 2 is 1.45 bits per heavy atom. The van der Waals surface area contributed by atoms with Crippen LogP contribution < -0.4 is 47.9 Å². The highest BCUT2D eigenvalue weighted by molar-refractivity contribution is 6.02. The monoisotopic (exact) mass is 1260 g/mol. The Morgan fingerprint density at radius 3 is 2.09 bits per heavy atom. The number of nitrogens with two attached hydrogens (primary N) is 1.